The van der Waals surface area contributed by atoms with Crippen LogP contribution in [0.15, 0.2) is 25.0 Å². The fraction of sp³-hybridized carbons (Fsp3) is 0.304. The van der Waals surface area contributed by atoms with Gasteiger partial charge in [-0.1, -0.05) is 24.1 Å². The van der Waals surface area contributed by atoms with Crippen molar-refractivity contribution in [3.63, 3.8) is 0 Å². The number of amides is 2. The highest BCUT2D eigenvalue weighted by molar-refractivity contribution is 6.59. The Labute approximate surface area is 213 Å². The standard InChI is InChI=1S/C23H24ClFN7O3Si/c1-5-18(33)31-12-36(10-13(31)9-35-4)32-23(27-2)19(22(26)34)16(29-32)7-6-14-15(24)8-17-21(20(14)25)28-11-30(17)3/h5,8,11,13,27H,1,9-10,12H2,2-4H3,(H2,26,34)/t13-/m0/s1. The number of hydrogen-bond donors (Lipinski definition) is 2. The second kappa shape index (κ2) is 10.1. The number of fused-ring (bicyclic) bond motifs is 1. The number of nitrogens with zero attached hydrogens (tertiary/aromatic N) is 5. The lowest BCUT2D eigenvalue weighted by atomic mass is 10.1. The number of benzene rings is 1. The maximum Gasteiger partial charge on any atom is 0.255 e. The number of aryl methyl sites for hydroxylation is 1. The van der Waals surface area contributed by atoms with E-state index in [2.05, 4.69) is 33.8 Å². The molecule has 2 amide bonds. The number of ether oxygens (including phenoxy) is 1. The van der Waals surface area contributed by atoms with Crippen LogP contribution in [0, 0.1) is 17.7 Å². The van der Waals surface area contributed by atoms with Gasteiger partial charge in [-0.15, -0.1) is 0 Å². The van der Waals surface area contributed by atoms with Gasteiger partial charge in [-0.2, -0.15) is 5.10 Å². The number of rotatable bonds is 6. The van der Waals surface area contributed by atoms with Crippen LogP contribution in [0.1, 0.15) is 21.6 Å². The van der Waals surface area contributed by atoms with Gasteiger partial charge < -0.3 is 25.3 Å². The highest BCUT2D eigenvalue weighted by atomic mass is 35.5. The summed E-state index contributed by atoms with van der Waals surface area (Å²) in [6, 6.07) is 2.04. The summed E-state index contributed by atoms with van der Waals surface area (Å²) in [6.45, 7) is 3.93. The highest BCUT2D eigenvalue weighted by Crippen LogP contribution is 2.28. The fourth-order valence-electron chi connectivity index (χ4n) is 4.27. The Morgan fingerprint density at radius 2 is 2.22 bits per heavy atom. The molecule has 4 rings (SSSR count). The lowest BCUT2D eigenvalue weighted by molar-refractivity contribution is -0.127. The van der Waals surface area contributed by atoms with Crippen LogP contribution in [-0.2, 0) is 16.6 Å². The van der Waals surface area contributed by atoms with E-state index in [9.17, 15) is 9.59 Å². The molecule has 1 aliphatic rings. The molecule has 3 N–H and O–H groups in total. The van der Waals surface area contributed by atoms with Crippen LogP contribution in [-0.4, -0.2) is 77.6 Å². The molecule has 1 aliphatic heterocycles. The number of hydrogen-bond acceptors (Lipinski definition) is 6. The van der Waals surface area contributed by atoms with Crippen molar-refractivity contribution in [2.24, 2.45) is 12.8 Å². The molecular formula is C23H24ClFN7O3Si. The predicted octanol–water partition coefficient (Wildman–Crippen LogP) is 1.52. The van der Waals surface area contributed by atoms with Gasteiger partial charge in [0, 0.05) is 27.4 Å². The Kier molecular flexibility index (Phi) is 7.16. The summed E-state index contributed by atoms with van der Waals surface area (Å²) in [5.41, 5.74) is 6.44. The molecule has 0 spiro atoms. The molecule has 10 nitrogen and oxygen atoms in total. The topological polar surface area (TPSA) is 120 Å². The molecule has 1 atom stereocenters. The third-order valence-electron chi connectivity index (χ3n) is 5.97. The van der Waals surface area contributed by atoms with E-state index in [0.717, 1.165) is 0 Å². The number of imidazole rings is 1. The lowest BCUT2D eigenvalue weighted by Crippen LogP contribution is -2.38. The van der Waals surface area contributed by atoms with Gasteiger partial charge in [-0.3, -0.25) is 13.9 Å². The zero-order chi connectivity index (χ0) is 26.1. The second-order valence-corrected chi connectivity index (χ2v) is 10.9. The minimum Gasteiger partial charge on any atom is -0.383 e. The summed E-state index contributed by atoms with van der Waals surface area (Å²) < 4.78 is 23.8. The lowest BCUT2D eigenvalue weighted by Gasteiger charge is -2.22. The molecule has 0 unspecified atom stereocenters. The zero-order valence-corrected chi connectivity index (χ0v) is 21.7. The van der Waals surface area contributed by atoms with Crippen LogP contribution < -0.4 is 11.1 Å². The van der Waals surface area contributed by atoms with Crippen LogP contribution in [0.25, 0.3) is 11.0 Å². The molecule has 3 aromatic rings. The summed E-state index contributed by atoms with van der Waals surface area (Å²) in [4.78, 5) is 30.6. The summed E-state index contributed by atoms with van der Waals surface area (Å²) in [5, 5.41) is 7.66. The van der Waals surface area contributed by atoms with E-state index in [4.69, 9.17) is 22.1 Å². The molecule has 2 aromatic heterocycles. The third kappa shape index (κ3) is 4.37. The number of carbonyl (C=O) groups excluding carboxylic acids is 2. The van der Waals surface area contributed by atoms with Gasteiger partial charge >= 0.3 is 0 Å². The second-order valence-electron chi connectivity index (χ2n) is 8.17. The Morgan fingerprint density at radius 1 is 1.47 bits per heavy atom. The number of primary amides is 1. The number of aromatic nitrogens is 4. The van der Waals surface area contributed by atoms with E-state index in [0.29, 0.717) is 30.2 Å². The van der Waals surface area contributed by atoms with Crippen molar-refractivity contribution in [1.29, 1.82) is 0 Å². The van der Waals surface area contributed by atoms with Crippen molar-refractivity contribution in [2.75, 3.05) is 32.2 Å². The van der Waals surface area contributed by atoms with Crippen molar-refractivity contribution in [3.05, 3.63) is 52.7 Å². The van der Waals surface area contributed by atoms with Crippen LogP contribution in [0.4, 0.5) is 10.2 Å². The molecular weight excluding hydrogens is 505 g/mol. The molecule has 36 heavy (non-hydrogen) atoms. The van der Waals surface area contributed by atoms with Gasteiger partial charge in [0.1, 0.15) is 22.6 Å². The average molecular weight is 529 g/mol. The molecule has 0 aliphatic carbocycles. The van der Waals surface area contributed by atoms with Crippen molar-refractivity contribution in [3.8, 4) is 11.8 Å². The van der Waals surface area contributed by atoms with Gasteiger partial charge in [-0.05, 0) is 24.1 Å². The van der Waals surface area contributed by atoms with Crippen LogP contribution in [0.5, 0.6) is 0 Å². The fourth-order valence-corrected chi connectivity index (χ4v) is 7.41. The van der Waals surface area contributed by atoms with Gasteiger partial charge in [0.2, 0.25) is 14.9 Å². The Bertz CT molecular complexity index is 1440. The van der Waals surface area contributed by atoms with E-state index in [1.54, 1.807) is 41.1 Å². The minimum atomic E-state index is -1.53. The maximum absolute atomic E-state index is 15.1. The van der Waals surface area contributed by atoms with Crippen molar-refractivity contribution >= 4 is 49.2 Å². The average Bonchev–Trinajstić information content (AvgIpc) is 3.54. The molecule has 1 radical (unpaired) electrons. The molecule has 187 valence electrons. The molecule has 13 heteroatoms. The Balaban J connectivity index is 1.79. The summed E-state index contributed by atoms with van der Waals surface area (Å²) in [6.07, 6.45) is 3.16. The first-order valence-corrected chi connectivity index (χ1v) is 13.1. The molecule has 1 aromatic carbocycles. The van der Waals surface area contributed by atoms with Crippen LogP contribution in [0.3, 0.4) is 0 Å². The first-order valence-electron chi connectivity index (χ1n) is 10.9. The van der Waals surface area contributed by atoms with Gasteiger partial charge in [0.15, 0.2) is 5.82 Å². The number of halogens is 2. The van der Waals surface area contributed by atoms with Crippen LogP contribution in [0.2, 0.25) is 11.1 Å². The van der Waals surface area contributed by atoms with E-state index >= 15 is 4.39 Å². The molecule has 0 bridgehead atoms. The Morgan fingerprint density at radius 3 is 2.86 bits per heavy atom. The van der Waals surface area contributed by atoms with Gasteiger partial charge in [0.25, 0.3) is 5.91 Å². The van der Waals surface area contributed by atoms with Gasteiger partial charge in [-0.25, -0.2) is 9.37 Å². The zero-order valence-electron chi connectivity index (χ0n) is 19.9. The molecule has 0 saturated carbocycles. The van der Waals surface area contributed by atoms with E-state index in [-0.39, 0.29) is 39.3 Å². The summed E-state index contributed by atoms with van der Waals surface area (Å²) in [5.74, 6) is 4.26. The summed E-state index contributed by atoms with van der Waals surface area (Å²) in [7, 11) is 3.41. The quantitative estimate of drug-likeness (QED) is 0.284. The number of nitrogens with two attached hydrogens (primary N) is 1. The van der Waals surface area contributed by atoms with Crippen molar-refractivity contribution in [2.45, 2.75) is 12.1 Å². The third-order valence-corrected chi connectivity index (χ3v) is 8.84. The van der Waals surface area contributed by atoms with E-state index in [1.165, 1.54) is 12.4 Å². The monoisotopic (exact) mass is 528 g/mol. The molecule has 1 saturated heterocycles. The van der Waals surface area contributed by atoms with Crippen LogP contribution >= 0.6 is 11.6 Å². The first-order chi connectivity index (χ1) is 17.2. The maximum atomic E-state index is 15.1. The molecule has 3 heterocycles. The van der Waals surface area contributed by atoms with E-state index in [1.807, 2.05) is 0 Å². The van der Waals surface area contributed by atoms with Crippen molar-refractivity contribution < 1.29 is 18.7 Å². The van der Waals surface area contributed by atoms with Crippen molar-refractivity contribution in [1.82, 2.24) is 23.9 Å². The highest BCUT2D eigenvalue weighted by Gasteiger charge is 2.39. The number of nitrogens with one attached hydrogen (secondary N) is 1. The minimum absolute atomic E-state index is 0.0587. The number of methoxy groups -OCH3 is 1. The summed E-state index contributed by atoms with van der Waals surface area (Å²) >= 11 is 6.31. The number of anilines is 1. The van der Waals surface area contributed by atoms with Gasteiger partial charge in [0.05, 0.1) is 35.1 Å². The Hall–Kier alpha value is -3.66. The smallest absolute Gasteiger partial charge is 0.255 e. The largest absolute Gasteiger partial charge is 0.383 e. The van der Waals surface area contributed by atoms with E-state index < -0.39 is 20.7 Å². The SMILES string of the molecule is C=CC(=O)N1C[Si](n2nc(C#Cc3c(Cl)cc4c(ncn4C)c3F)c(C(N)=O)c2NC)C[C@@H]1COC. The molecule has 1 fully saturated rings. The normalized spacial score (nSPS) is 15.7. The first kappa shape index (κ1) is 25.4. The number of carbonyl (C=O) groups is 2. The predicted molar refractivity (Wildman–Crippen MR) is 135 cm³/mol.